The molecule has 1 saturated carbocycles. The molecule has 0 radical (unpaired) electrons. The smallest absolute Gasteiger partial charge is 0.426 e. The number of fused-ring (bicyclic) bond motifs is 4. The van der Waals surface area contributed by atoms with Crippen LogP contribution in [-0.2, 0) is 28.7 Å². The van der Waals surface area contributed by atoms with Crippen LogP contribution in [0.1, 0.15) is 89.2 Å². The molecular formula is C42H55N9O9. The number of nitrogens with one attached hydrogen (secondary N) is 5. The number of benzene rings is 2. The fourth-order valence-corrected chi connectivity index (χ4v) is 8.23. The number of carbonyl (C=O) groups excluding carboxylic acids is 7. The van der Waals surface area contributed by atoms with Crippen LogP contribution in [0, 0.1) is 11.8 Å². The van der Waals surface area contributed by atoms with Crippen molar-refractivity contribution in [2.75, 3.05) is 33.3 Å². The number of hydrazone groups is 1. The molecule has 322 valence electrons. The third-order valence-electron chi connectivity index (χ3n) is 11.1. The second-order valence-electron chi connectivity index (χ2n) is 16.5. The Kier molecular flexibility index (Phi) is 13.9. The van der Waals surface area contributed by atoms with Gasteiger partial charge in [0.15, 0.2) is 0 Å². The lowest BCUT2D eigenvalue weighted by molar-refractivity contribution is -0.155. The Balaban J connectivity index is 1.08. The molecule has 2 aromatic rings. The lowest BCUT2D eigenvalue weighted by Gasteiger charge is -2.42. The van der Waals surface area contributed by atoms with Crippen LogP contribution in [0.15, 0.2) is 53.6 Å². The average molecular weight is 830 g/mol. The summed E-state index contributed by atoms with van der Waals surface area (Å²) in [6.07, 6.45) is 3.43. The molecule has 0 aromatic heterocycles. The van der Waals surface area contributed by atoms with Crippen LogP contribution in [0.3, 0.4) is 0 Å². The first kappa shape index (κ1) is 43.4. The first-order chi connectivity index (χ1) is 28.7. The summed E-state index contributed by atoms with van der Waals surface area (Å²) >= 11 is 0. The Bertz CT molecular complexity index is 1930. The van der Waals surface area contributed by atoms with Gasteiger partial charge >= 0.3 is 24.1 Å². The molecule has 6 rings (SSSR count). The maximum absolute atomic E-state index is 14.1. The van der Waals surface area contributed by atoms with Crippen molar-refractivity contribution in [2.45, 2.75) is 95.7 Å². The van der Waals surface area contributed by atoms with Crippen molar-refractivity contribution in [1.29, 1.82) is 0 Å². The fraction of sp³-hybridized carbons (Fsp3) is 0.524. The van der Waals surface area contributed by atoms with Crippen LogP contribution >= 0.6 is 0 Å². The van der Waals surface area contributed by atoms with Crippen molar-refractivity contribution in [3.8, 4) is 11.1 Å². The molecule has 18 nitrogen and oxygen atoms in total. The predicted octanol–water partition coefficient (Wildman–Crippen LogP) is 3.53. The van der Waals surface area contributed by atoms with Gasteiger partial charge in [-0.15, -0.1) is 0 Å². The van der Waals surface area contributed by atoms with E-state index in [0.29, 0.717) is 13.0 Å². The van der Waals surface area contributed by atoms with E-state index >= 15 is 0 Å². The topological polar surface area (TPSA) is 220 Å². The number of amides is 8. The van der Waals surface area contributed by atoms with E-state index in [9.17, 15) is 33.6 Å². The van der Waals surface area contributed by atoms with Crippen LogP contribution in [0.5, 0.6) is 0 Å². The maximum atomic E-state index is 14.1. The number of urea groups is 2. The number of nitrogens with zero attached hydrogens (tertiary/aromatic N) is 4. The van der Waals surface area contributed by atoms with Gasteiger partial charge in [-0.05, 0) is 87.5 Å². The van der Waals surface area contributed by atoms with Gasteiger partial charge in [-0.2, -0.15) is 5.10 Å². The van der Waals surface area contributed by atoms with Crippen LogP contribution in [0.4, 0.5) is 14.4 Å². The number of rotatable bonds is 12. The lowest BCUT2D eigenvalue weighted by Crippen LogP contribution is -2.64. The number of hydrogen-bond donors (Lipinski definition) is 5. The van der Waals surface area contributed by atoms with E-state index < -0.39 is 53.6 Å². The molecule has 2 aromatic carbocycles. The summed E-state index contributed by atoms with van der Waals surface area (Å²) < 4.78 is 11.1. The van der Waals surface area contributed by atoms with E-state index in [1.54, 1.807) is 27.8 Å². The average Bonchev–Trinajstić information content (AvgIpc) is 3.49. The van der Waals surface area contributed by atoms with Crippen LogP contribution in [0.25, 0.3) is 11.1 Å². The Morgan fingerprint density at radius 2 is 1.57 bits per heavy atom. The largest absolute Gasteiger partial charge is 0.460 e. The number of carbonyl (C=O) groups is 7. The maximum Gasteiger partial charge on any atom is 0.426 e. The van der Waals surface area contributed by atoms with Gasteiger partial charge in [0.25, 0.3) is 0 Å². The van der Waals surface area contributed by atoms with E-state index in [0.717, 1.165) is 58.0 Å². The van der Waals surface area contributed by atoms with Crippen LogP contribution < -0.4 is 26.8 Å². The van der Waals surface area contributed by atoms with E-state index in [2.05, 4.69) is 31.9 Å². The highest BCUT2D eigenvalue weighted by atomic mass is 16.6. The van der Waals surface area contributed by atoms with Crippen LogP contribution in [0.2, 0.25) is 0 Å². The van der Waals surface area contributed by atoms with Gasteiger partial charge in [0, 0.05) is 44.6 Å². The molecule has 2 saturated heterocycles. The number of ether oxygens (including phenoxy) is 2. The first-order valence-electron chi connectivity index (χ1n) is 20.6. The quantitative estimate of drug-likeness (QED) is 0.120. The van der Waals surface area contributed by atoms with E-state index in [4.69, 9.17) is 9.47 Å². The van der Waals surface area contributed by atoms with Crippen LogP contribution in [-0.4, -0.2) is 114 Å². The van der Waals surface area contributed by atoms with Gasteiger partial charge in [-0.3, -0.25) is 19.2 Å². The summed E-state index contributed by atoms with van der Waals surface area (Å²) in [4.78, 5) is 92.2. The highest BCUT2D eigenvalue weighted by Crippen LogP contribution is 2.44. The second-order valence-corrected chi connectivity index (χ2v) is 16.5. The number of hydrazine groups is 2. The lowest BCUT2D eigenvalue weighted by atomic mass is 9.81. The molecule has 4 aliphatic rings. The monoisotopic (exact) mass is 829 g/mol. The molecule has 2 heterocycles. The fourth-order valence-electron chi connectivity index (χ4n) is 8.23. The van der Waals surface area contributed by atoms with Crippen molar-refractivity contribution < 1.29 is 43.0 Å². The highest BCUT2D eigenvalue weighted by molar-refractivity contribution is 5.93. The molecule has 18 heteroatoms. The third kappa shape index (κ3) is 10.7. The summed E-state index contributed by atoms with van der Waals surface area (Å²) in [5.74, 6) is -1.78. The van der Waals surface area contributed by atoms with E-state index in [-0.39, 0.29) is 62.6 Å². The minimum atomic E-state index is -1.20. The van der Waals surface area contributed by atoms with Gasteiger partial charge in [0.1, 0.15) is 18.2 Å². The minimum absolute atomic E-state index is 0.0000889. The Hall–Kier alpha value is -6.20. The normalized spacial score (nSPS) is 20.9. The SMILES string of the molecule is CNC(=O)C1CCC(CNC(=O)N/N=C/[C@H](CC(=O)OC(C)(C)C)NC(=O)[C@@H]2CCCN3C(=O)CCN(NC(=O)OCC4c5ccccc5-c5ccccc54)C(=O)N23)CC1. The predicted molar refractivity (Wildman–Crippen MR) is 218 cm³/mol. The minimum Gasteiger partial charge on any atom is -0.460 e. The second kappa shape index (κ2) is 19.2. The molecule has 60 heavy (non-hydrogen) atoms. The van der Waals surface area contributed by atoms with E-state index in [1.165, 1.54) is 11.2 Å². The van der Waals surface area contributed by atoms with Crippen molar-refractivity contribution in [3.63, 3.8) is 0 Å². The molecule has 3 fully saturated rings. The molecule has 2 aliphatic heterocycles. The number of hydrogen-bond acceptors (Lipinski definition) is 10. The first-order valence-corrected chi connectivity index (χ1v) is 20.6. The standard InChI is InChI=1S/C42H55N9O9/c1-42(2,3)60-36(53)22-28(24-45-47-39(56)44-23-26-15-17-27(18-16-26)37(54)43-4)46-38(55)34-14-9-20-50-35(52)19-21-49(41(58)51(34)50)48-40(57)59-25-33-31-12-7-5-10-29(31)30-11-6-8-13-32(30)33/h5-8,10-13,24,26-28,33-34H,9,14-23,25H2,1-4H3,(H,43,54)(H,46,55)(H,48,57)(H2,44,47,56)/b45-24+/t26?,27?,28-,34-/m0/s1. The van der Waals surface area contributed by atoms with Crippen molar-refractivity contribution >= 4 is 48.1 Å². The van der Waals surface area contributed by atoms with Crippen molar-refractivity contribution in [3.05, 3.63) is 59.7 Å². The third-order valence-corrected chi connectivity index (χ3v) is 11.1. The highest BCUT2D eigenvalue weighted by Gasteiger charge is 2.44. The van der Waals surface area contributed by atoms with Crippen molar-refractivity contribution in [2.24, 2.45) is 16.9 Å². The molecule has 2 aliphatic carbocycles. The van der Waals surface area contributed by atoms with Crippen molar-refractivity contribution in [1.82, 2.24) is 41.8 Å². The Morgan fingerprint density at radius 3 is 2.22 bits per heavy atom. The molecule has 2 atom stereocenters. The molecular weight excluding hydrogens is 775 g/mol. The zero-order chi connectivity index (χ0) is 43.0. The van der Waals surface area contributed by atoms with Gasteiger partial charge in [-0.25, -0.2) is 40.3 Å². The zero-order valence-electron chi connectivity index (χ0n) is 34.5. The molecule has 0 bridgehead atoms. The molecule has 5 N–H and O–H groups in total. The van der Waals surface area contributed by atoms with E-state index in [1.807, 2.05) is 48.5 Å². The summed E-state index contributed by atoms with van der Waals surface area (Å²) in [5.41, 5.74) is 8.18. The van der Waals surface area contributed by atoms with Gasteiger partial charge in [0.2, 0.25) is 17.7 Å². The summed E-state index contributed by atoms with van der Waals surface area (Å²) in [6, 6.07) is 12.1. The Labute approximate surface area is 349 Å². The van der Waals surface area contributed by atoms with Gasteiger partial charge < -0.3 is 25.4 Å². The summed E-state index contributed by atoms with van der Waals surface area (Å²) in [7, 11) is 1.62. The molecule has 8 amide bonds. The molecule has 0 unspecified atom stereocenters. The summed E-state index contributed by atoms with van der Waals surface area (Å²) in [5, 5.41) is 15.4. The summed E-state index contributed by atoms with van der Waals surface area (Å²) in [6.45, 7) is 5.49. The zero-order valence-corrected chi connectivity index (χ0v) is 34.5. The van der Waals surface area contributed by atoms with Gasteiger partial charge in [0.05, 0.1) is 19.0 Å². The Morgan fingerprint density at radius 1 is 0.900 bits per heavy atom. The van der Waals surface area contributed by atoms with Gasteiger partial charge in [-0.1, -0.05) is 48.5 Å². The molecule has 0 spiro atoms. The number of esters is 1.